The largest absolute Gasteiger partial charge is 0.376 e. The zero-order valence-corrected chi connectivity index (χ0v) is 14.7. The van der Waals surface area contributed by atoms with Gasteiger partial charge in [-0.05, 0) is 48.5 Å². The van der Waals surface area contributed by atoms with E-state index in [2.05, 4.69) is 49.8 Å². The van der Waals surface area contributed by atoms with E-state index in [0.29, 0.717) is 6.10 Å². The highest BCUT2D eigenvalue weighted by Gasteiger charge is 2.21. The van der Waals surface area contributed by atoms with E-state index in [1.807, 2.05) is 0 Å². The molecule has 1 aliphatic heterocycles. The highest BCUT2D eigenvalue weighted by Crippen LogP contribution is 2.20. The van der Waals surface area contributed by atoms with Crippen LogP contribution in [0.4, 0.5) is 0 Å². The molecule has 0 bridgehead atoms. The van der Waals surface area contributed by atoms with E-state index in [1.54, 1.807) is 23.1 Å². The van der Waals surface area contributed by atoms with Crippen LogP contribution in [0, 0.1) is 0 Å². The molecule has 3 heterocycles. The van der Waals surface area contributed by atoms with E-state index in [0.717, 1.165) is 50.1 Å². The van der Waals surface area contributed by atoms with E-state index >= 15 is 0 Å². The van der Waals surface area contributed by atoms with Crippen molar-refractivity contribution in [1.82, 2.24) is 19.7 Å². The smallest absolute Gasteiger partial charge is 0.191 e. The van der Waals surface area contributed by atoms with Crippen LogP contribution in [0.15, 0.2) is 22.0 Å². The monoisotopic (exact) mass is 338 g/mol. The van der Waals surface area contributed by atoms with E-state index in [9.17, 15) is 0 Å². The van der Waals surface area contributed by atoms with Crippen LogP contribution in [-0.4, -0.2) is 45.7 Å². The molecule has 0 amide bonds. The number of nitrogens with zero attached hydrogens (tertiary/aromatic N) is 4. The summed E-state index contributed by atoms with van der Waals surface area (Å²) in [5, 5.41) is 14.0. The summed E-state index contributed by atoms with van der Waals surface area (Å²) in [4.78, 5) is 2.28. The van der Waals surface area contributed by atoms with Gasteiger partial charge in [0.1, 0.15) is 5.82 Å². The maximum Gasteiger partial charge on any atom is 0.191 e. The Morgan fingerprint density at radius 3 is 3.05 bits per heavy atom. The van der Waals surface area contributed by atoms with Crippen LogP contribution >= 0.6 is 23.1 Å². The molecule has 0 spiro atoms. The number of hydrogen-bond acceptors (Lipinski definition) is 6. The molecule has 0 unspecified atom stereocenters. The van der Waals surface area contributed by atoms with Gasteiger partial charge < -0.3 is 9.30 Å². The molecule has 5 nitrogen and oxygen atoms in total. The van der Waals surface area contributed by atoms with Crippen molar-refractivity contribution < 1.29 is 4.74 Å². The molecule has 0 N–H and O–H groups in total. The van der Waals surface area contributed by atoms with Crippen LogP contribution in [0.25, 0.3) is 0 Å². The van der Waals surface area contributed by atoms with Crippen molar-refractivity contribution in [1.29, 1.82) is 0 Å². The molecular formula is C15H22N4OS2. The number of thioether (sulfide) groups is 1. The summed E-state index contributed by atoms with van der Waals surface area (Å²) >= 11 is 3.39. The number of ether oxygens (including phenoxy) is 1. The fourth-order valence-electron chi connectivity index (χ4n) is 2.75. The molecule has 2 aromatic rings. The van der Waals surface area contributed by atoms with Crippen molar-refractivity contribution in [2.45, 2.75) is 43.7 Å². The van der Waals surface area contributed by atoms with E-state index in [-0.39, 0.29) is 0 Å². The van der Waals surface area contributed by atoms with Gasteiger partial charge in [-0.2, -0.15) is 11.3 Å². The first kappa shape index (κ1) is 16.0. The van der Waals surface area contributed by atoms with Gasteiger partial charge in [-0.15, -0.1) is 10.2 Å². The minimum absolute atomic E-state index is 0.308. The second kappa shape index (κ2) is 7.59. The topological polar surface area (TPSA) is 43.2 Å². The predicted octanol–water partition coefficient (Wildman–Crippen LogP) is 2.87. The van der Waals surface area contributed by atoms with Crippen LogP contribution < -0.4 is 0 Å². The van der Waals surface area contributed by atoms with Gasteiger partial charge in [-0.25, -0.2) is 0 Å². The minimum atomic E-state index is 0.308. The zero-order valence-electron chi connectivity index (χ0n) is 13.1. The van der Waals surface area contributed by atoms with E-state index in [1.165, 1.54) is 5.56 Å². The lowest BCUT2D eigenvalue weighted by Crippen LogP contribution is -2.23. The van der Waals surface area contributed by atoms with Gasteiger partial charge in [-0.1, -0.05) is 11.8 Å². The summed E-state index contributed by atoms with van der Waals surface area (Å²) in [6.07, 6.45) is 4.66. The SMILES string of the molecule is CSc1nnc(CN(C)Cc2ccsc2)n1C[C@H]1CCCO1. The molecule has 120 valence electrons. The van der Waals surface area contributed by atoms with E-state index in [4.69, 9.17) is 4.74 Å². The van der Waals surface area contributed by atoms with Gasteiger partial charge in [0.15, 0.2) is 5.16 Å². The minimum Gasteiger partial charge on any atom is -0.376 e. The summed E-state index contributed by atoms with van der Waals surface area (Å²) in [6, 6.07) is 2.17. The molecule has 1 fully saturated rings. The quantitative estimate of drug-likeness (QED) is 0.726. The second-order valence-electron chi connectivity index (χ2n) is 5.65. The molecule has 7 heteroatoms. The average Bonchev–Trinajstić information content (AvgIpc) is 3.23. The average molecular weight is 339 g/mol. The maximum absolute atomic E-state index is 5.77. The lowest BCUT2D eigenvalue weighted by atomic mass is 10.2. The summed E-state index contributed by atoms with van der Waals surface area (Å²) in [5.74, 6) is 1.03. The van der Waals surface area contributed by atoms with Crippen molar-refractivity contribution in [2.75, 3.05) is 19.9 Å². The van der Waals surface area contributed by atoms with Crippen LogP contribution in [0.2, 0.25) is 0 Å². The third-order valence-corrected chi connectivity index (χ3v) is 5.23. The van der Waals surface area contributed by atoms with Crippen molar-refractivity contribution in [3.63, 3.8) is 0 Å². The van der Waals surface area contributed by atoms with E-state index < -0.39 is 0 Å². The highest BCUT2D eigenvalue weighted by atomic mass is 32.2. The number of hydrogen-bond donors (Lipinski definition) is 0. The molecule has 3 rings (SSSR count). The Kier molecular flexibility index (Phi) is 5.51. The molecule has 0 radical (unpaired) electrons. The van der Waals surface area contributed by atoms with Crippen molar-refractivity contribution in [3.05, 3.63) is 28.2 Å². The Morgan fingerprint density at radius 1 is 1.45 bits per heavy atom. The van der Waals surface area contributed by atoms with Gasteiger partial charge in [-0.3, -0.25) is 4.90 Å². The first-order valence-electron chi connectivity index (χ1n) is 7.53. The standard InChI is InChI=1S/C15H22N4OS2/c1-18(8-12-5-7-22-11-12)10-14-16-17-15(21-2)19(14)9-13-4-3-6-20-13/h5,7,11,13H,3-4,6,8-10H2,1-2H3/t13-/m1/s1. The van der Waals surface area contributed by atoms with Crippen molar-refractivity contribution >= 4 is 23.1 Å². The van der Waals surface area contributed by atoms with Gasteiger partial charge in [0, 0.05) is 13.2 Å². The van der Waals surface area contributed by atoms with Crippen molar-refractivity contribution in [2.24, 2.45) is 0 Å². The summed E-state index contributed by atoms with van der Waals surface area (Å²) in [5.41, 5.74) is 1.35. The van der Waals surface area contributed by atoms with Crippen molar-refractivity contribution in [3.8, 4) is 0 Å². The maximum atomic E-state index is 5.77. The Labute approximate surface area is 139 Å². The number of thiophene rings is 1. The molecule has 1 saturated heterocycles. The molecular weight excluding hydrogens is 316 g/mol. The zero-order chi connectivity index (χ0) is 15.4. The second-order valence-corrected chi connectivity index (χ2v) is 7.21. The fraction of sp³-hybridized carbons (Fsp3) is 0.600. The van der Waals surface area contributed by atoms with Crippen LogP contribution in [0.3, 0.4) is 0 Å². The van der Waals surface area contributed by atoms with Crippen LogP contribution in [-0.2, 0) is 24.4 Å². The van der Waals surface area contributed by atoms with Gasteiger partial charge in [0.25, 0.3) is 0 Å². The molecule has 1 aliphatic rings. The summed E-state index contributed by atoms with van der Waals surface area (Å²) in [6.45, 7) is 3.49. The number of aromatic nitrogens is 3. The Balaban J connectivity index is 1.67. The Bertz CT molecular complexity index is 578. The van der Waals surface area contributed by atoms with Crippen LogP contribution in [0.5, 0.6) is 0 Å². The third kappa shape index (κ3) is 3.90. The summed E-state index contributed by atoms with van der Waals surface area (Å²) in [7, 11) is 2.13. The lowest BCUT2D eigenvalue weighted by molar-refractivity contribution is 0.0934. The molecule has 1 atom stereocenters. The fourth-order valence-corrected chi connectivity index (χ4v) is 3.94. The summed E-state index contributed by atoms with van der Waals surface area (Å²) < 4.78 is 8.00. The molecule has 0 saturated carbocycles. The Hall–Kier alpha value is -0.890. The Morgan fingerprint density at radius 2 is 2.36 bits per heavy atom. The van der Waals surface area contributed by atoms with Gasteiger partial charge in [0.2, 0.25) is 0 Å². The molecule has 2 aromatic heterocycles. The predicted molar refractivity (Wildman–Crippen MR) is 90.3 cm³/mol. The molecule has 0 aliphatic carbocycles. The van der Waals surface area contributed by atoms with Crippen LogP contribution in [0.1, 0.15) is 24.2 Å². The molecule has 22 heavy (non-hydrogen) atoms. The first-order valence-corrected chi connectivity index (χ1v) is 9.70. The van der Waals surface area contributed by atoms with Gasteiger partial charge >= 0.3 is 0 Å². The normalized spacial score (nSPS) is 18.4. The molecule has 0 aromatic carbocycles. The number of rotatable bonds is 7. The van der Waals surface area contributed by atoms with Gasteiger partial charge in [0.05, 0.1) is 19.2 Å². The lowest BCUT2D eigenvalue weighted by Gasteiger charge is -2.18. The first-order chi connectivity index (χ1) is 10.8. The highest BCUT2D eigenvalue weighted by molar-refractivity contribution is 7.98. The third-order valence-electron chi connectivity index (χ3n) is 3.83.